The highest BCUT2D eigenvalue weighted by Gasteiger charge is 2.29. The fourth-order valence-electron chi connectivity index (χ4n) is 3.40. The Hall–Kier alpha value is -3.09. The first-order valence-corrected chi connectivity index (χ1v) is 9.66. The number of carbonyl (C=O) groups is 2. The summed E-state index contributed by atoms with van der Waals surface area (Å²) in [5.74, 6) is 0.916. The Morgan fingerprint density at radius 1 is 1.14 bits per heavy atom. The van der Waals surface area contributed by atoms with Gasteiger partial charge in [-0.1, -0.05) is 12.1 Å². The molecule has 0 saturated carbocycles. The lowest BCUT2D eigenvalue weighted by atomic mass is 9.93. The van der Waals surface area contributed by atoms with E-state index < -0.39 is 0 Å². The largest absolute Gasteiger partial charge is 0.496 e. The highest BCUT2D eigenvalue weighted by Crippen LogP contribution is 2.30. The minimum absolute atomic E-state index is 0.248. The van der Waals surface area contributed by atoms with Gasteiger partial charge in [0.1, 0.15) is 11.5 Å². The van der Waals surface area contributed by atoms with Gasteiger partial charge >= 0.3 is 0 Å². The maximum absolute atomic E-state index is 12.6. The van der Waals surface area contributed by atoms with E-state index in [0.29, 0.717) is 29.2 Å². The molecular weight excluding hydrogens is 370 g/mol. The Morgan fingerprint density at radius 3 is 2.55 bits per heavy atom. The average molecular weight is 397 g/mol. The molecule has 0 spiro atoms. The van der Waals surface area contributed by atoms with E-state index in [2.05, 4.69) is 15.8 Å². The lowest BCUT2D eigenvalue weighted by Crippen LogP contribution is -2.40. The monoisotopic (exact) mass is 397 g/mol. The predicted octanol–water partition coefficient (Wildman–Crippen LogP) is 3.60. The number of benzene rings is 1. The zero-order valence-corrected chi connectivity index (χ0v) is 17.5. The second-order valence-corrected chi connectivity index (χ2v) is 8.11. The van der Waals surface area contributed by atoms with E-state index in [0.717, 1.165) is 29.7 Å². The molecular formula is C22H27N3O4. The second kappa shape index (κ2) is 8.11. The molecule has 1 aliphatic rings. The Balaban J connectivity index is 1.87. The summed E-state index contributed by atoms with van der Waals surface area (Å²) in [6, 6.07) is 6.97. The van der Waals surface area contributed by atoms with Crippen molar-refractivity contribution in [2.45, 2.75) is 52.5 Å². The fourth-order valence-corrected chi connectivity index (χ4v) is 3.40. The van der Waals surface area contributed by atoms with Gasteiger partial charge in [0, 0.05) is 23.1 Å². The van der Waals surface area contributed by atoms with Gasteiger partial charge in [-0.05, 0) is 52.7 Å². The molecule has 1 aliphatic carbocycles. The van der Waals surface area contributed by atoms with E-state index in [9.17, 15) is 9.59 Å². The minimum atomic E-state index is -0.365. The SMILES string of the molecule is COc1ccccc1C(=O)N/N=C1\CCCc2oc(C(=O)NC(C)(C)C)c(C)c21. The zero-order valence-electron chi connectivity index (χ0n) is 17.5. The molecule has 0 aliphatic heterocycles. The van der Waals surface area contributed by atoms with Crippen LogP contribution < -0.4 is 15.5 Å². The van der Waals surface area contributed by atoms with Crippen molar-refractivity contribution in [1.29, 1.82) is 0 Å². The normalized spacial score (nSPS) is 15.0. The second-order valence-electron chi connectivity index (χ2n) is 8.11. The first kappa shape index (κ1) is 20.6. The van der Waals surface area contributed by atoms with Crippen molar-refractivity contribution in [2.75, 3.05) is 7.11 Å². The van der Waals surface area contributed by atoms with Crippen LogP contribution in [-0.2, 0) is 6.42 Å². The van der Waals surface area contributed by atoms with Gasteiger partial charge < -0.3 is 14.5 Å². The summed E-state index contributed by atoms with van der Waals surface area (Å²) < 4.78 is 11.1. The molecule has 0 saturated heterocycles. The smallest absolute Gasteiger partial charge is 0.287 e. The lowest BCUT2D eigenvalue weighted by molar-refractivity contribution is 0.0887. The van der Waals surface area contributed by atoms with Crippen LogP contribution in [0.2, 0.25) is 0 Å². The summed E-state index contributed by atoms with van der Waals surface area (Å²) >= 11 is 0. The number of fused-ring (bicyclic) bond motifs is 1. The Kier molecular flexibility index (Phi) is 5.77. The molecule has 0 radical (unpaired) electrons. The molecule has 0 unspecified atom stereocenters. The number of nitrogens with zero attached hydrogens (tertiary/aromatic N) is 1. The van der Waals surface area contributed by atoms with Crippen LogP contribution in [0.5, 0.6) is 5.75 Å². The van der Waals surface area contributed by atoms with Crippen LogP contribution in [0.3, 0.4) is 0 Å². The highest BCUT2D eigenvalue weighted by atomic mass is 16.5. The quantitative estimate of drug-likeness (QED) is 0.771. The van der Waals surface area contributed by atoms with E-state index in [4.69, 9.17) is 9.15 Å². The number of aryl methyl sites for hydroxylation is 1. The first-order valence-electron chi connectivity index (χ1n) is 9.66. The van der Waals surface area contributed by atoms with Crippen molar-refractivity contribution >= 4 is 17.5 Å². The van der Waals surface area contributed by atoms with Crippen LogP contribution in [0.4, 0.5) is 0 Å². The van der Waals surface area contributed by atoms with Crippen LogP contribution in [-0.4, -0.2) is 30.2 Å². The summed E-state index contributed by atoms with van der Waals surface area (Å²) in [7, 11) is 1.52. The first-order chi connectivity index (χ1) is 13.7. The van der Waals surface area contributed by atoms with Gasteiger partial charge in [0.05, 0.1) is 18.4 Å². The predicted molar refractivity (Wildman–Crippen MR) is 111 cm³/mol. The van der Waals surface area contributed by atoms with Gasteiger partial charge in [0.2, 0.25) is 0 Å². The van der Waals surface area contributed by atoms with E-state index in [1.165, 1.54) is 7.11 Å². The summed E-state index contributed by atoms with van der Waals surface area (Å²) in [6.07, 6.45) is 2.27. The van der Waals surface area contributed by atoms with Gasteiger partial charge in [0.25, 0.3) is 11.8 Å². The average Bonchev–Trinajstić information content (AvgIpc) is 3.02. The van der Waals surface area contributed by atoms with Crippen molar-refractivity contribution in [3.05, 3.63) is 52.5 Å². The molecule has 1 aromatic heterocycles. The van der Waals surface area contributed by atoms with E-state index in [-0.39, 0.29) is 17.4 Å². The number of rotatable bonds is 4. The van der Waals surface area contributed by atoms with Crippen molar-refractivity contribution in [3.63, 3.8) is 0 Å². The van der Waals surface area contributed by atoms with Gasteiger partial charge in [0.15, 0.2) is 5.76 Å². The number of methoxy groups -OCH3 is 1. The van der Waals surface area contributed by atoms with Crippen molar-refractivity contribution in [1.82, 2.24) is 10.7 Å². The maximum atomic E-state index is 12.6. The van der Waals surface area contributed by atoms with Crippen LogP contribution in [0, 0.1) is 6.92 Å². The number of carbonyl (C=O) groups excluding carboxylic acids is 2. The topological polar surface area (TPSA) is 92.9 Å². The van der Waals surface area contributed by atoms with Crippen LogP contribution in [0.15, 0.2) is 33.8 Å². The van der Waals surface area contributed by atoms with Crippen molar-refractivity contribution in [3.8, 4) is 5.75 Å². The molecule has 0 fully saturated rings. The van der Waals surface area contributed by atoms with Crippen molar-refractivity contribution in [2.24, 2.45) is 5.10 Å². The van der Waals surface area contributed by atoms with E-state index >= 15 is 0 Å². The third-order valence-corrected chi connectivity index (χ3v) is 4.66. The van der Waals surface area contributed by atoms with Gasteiger partial charge in [-0.2, -0.15) is 5.10 Å². The number of hydrogen-bond donors (Lipinski definition) is 2. The molecule has 2 amide bonds. The molecule has 29 heavy (non-hydrogen) atoms. The maximum Gasteiger partial charge on any atom is 0.287 e. The molecule has 1 aromatic carbocycles. The van der Waals surface area contributed by atoms with Crippen LogP contribution in [0.1, 0.15) is 71.4 Å². The highest BCUT2D eigenvalue weighted by molar-refractivity contribution is 6.07. The number of para-hydroxylation sites is 1. The molecule has 0 bridgehead atoms. The molecule has 2 N–H and O–H groups in total. The standard InChI is InChI=1S/C22H27N3O4/c1-13-18-15(24-25-20(26)14-9-6-7-11-16(14)28-5)10-8-12-17(18)29-19(13)21(27)23-22(2,3)4/h6-7,9,11H,8,10,12H2,1-5H3,(H,23,27)(H,25,26)/b24-15+. The molecule has 0 atom stereocenters. The third kappa shape index (κ3) is 4.50. The van der Waals surface area contributed by atoms with E-state index in [1.807, 2.05) is 27.7 Å². The van der Waals surface area contributed by atoms with Crippen LogP contribution >= 0.6 is 0 Å². The molecule has 2 aromatic rings. The summed E-state index contributed by atoms with van der Waals surface area (Å²) in [5.41, 5.74) is 4.93. The van der Waals surface area contributed by atoms with Gasteiger partial charge in [-0.25, -0.2) is 5.43 Å². The number of amides is 2. The number of ether oxygens (including phenoxy) is 1. The summed E-state index contributed by atoms with van der Waals surface area (Å²) in [5, 5.41) is 7.28. The number of hydrazone groups is 1. The number of hydrogen-bond acceptors (Lipinski definition) is 5. The molecule has 1 heterocycles. The van der Waals surface area contributed by atoms with Gasteiger partial charge in [-0.15, -0.1) is 0 Å². The Labute approximate surface area is 170 Å². The minimum Gasteiger partial charge on any atom is -0.496 e. The van der Waals surface area contributed by atoms with Crippen molar-refractivity contribution < 1.29 is 18.7 Å². The molecule has 3 rings (SSSR count). The van der Waals surface area contributed by atoms with Crippen LogP contribution in [0.25, 0.3) is 0 Å². The zero-order chi connectivity index (χ0) is 21.2. The van der Waals surface area contributed by atoms with Gasteiger partial charge in [-0.3, -0.25) is 9.59 Å². The third-order valence-electron chi connectivity index (χ3n) is 4.66. The number of furan rings is 1. The summed E-state index contributed by atoms with van der Waals surface area (Å²) in [6.45, 7) is 7.61. The fraction of sp³-hybridized carbons (Fsp3) is 0.409. The summed E-state index contributed by atoms with van der Waals surface area (Å²) in [4.78, 5) is 25.1. The number of nitrogens with one attached hydrogen (secondary N) is 2. The molecule has 7 heteroatoms. The molecule has 7 nitrogen and oxygen atoms in total. The Bertz CT molecular complexity index is 967. The molecule has 154 valence electrons. The Morgan fingerprint density at radius 2 is 1.86 bits per heavy atom. The lowest BCUT2D eigenvalue weighted by Gasteiger charge is -2.19. The van der Waals surface area contributed by atoms with E-state index in [1.54, 1.807) is 24.3 Å².